The third-order valence-electron chi connectivity index (χ3n) is 3.62. The number of nitrogens with one attached hydrogen (secondary N) is 2. The van der Waals surface area contributed by atoms with Crippen LogP contribution in [0.4, 0.5) is 8.78 Å². The van der Waals surface area contributed by atoms with E-state index in [9.17, 15) is 25.6 Å². The lowest BCUT2D eigenvalue weighted by Gasteiger charge is -2.22. The van der Waals surface area contributed by atoms with E-state index in [-0.39, 0.29) is 9.79 Å². The second kappa shape index (κ2) is 9.57. The van der Waals surface area contributed by atoms with Gasteiger partial charge in [-0.05, 0) is 65.8 Å². The van der Waals surface area contributed by atoms with Crippen molar-refractivity contribution in [1.82, 2.24) is 9.44 Å². The van der Waals surface area contributed by atoms with Crippen molar-refractivity contribution in [1.29, 1.82) is 0 Å². The van der Waals surface area contributed by atoms with Crippen LogP contribution in [0.1, 0.15) is 41.5 Å². The lowest BCUT2D eigenvalue weighted by molar-refractivity contribution is 0.436. The van der Waals surface area contributed by atoms with Crippen molar-refractivity contribution in [3.63, 3.8) is 0 Å². The van der Waals surface area contributed by atoms with Gasteiger partial charge in [0, 0.05) is 23.2 Å². The summed E-state index contributed by atoms with van der Waals surface area (Å²) in [6.45, 7) is 9.76. The standard InChI is InChI=1S/C20H26BF2N2O6S2/c1-19(2,3)24-32(26,27)17-9-7-13(22)11-15(17)30-21-31-16-12-14(23)8-10-18(16)33(28,29)25-20(4,5)6/h7-12,24-25H,1-6H3. The molecule has 8 nitrogen and oxygen atoms in total. The molecule has 0 saturated heterocycles. The quantitative estimate of drug-likeness (QED) is 0.536. The van der Waals surface area contributed by atoms with Gasteiger partial charge in [-0.15, -0.1) is 0 Å². The smallest absolute Gasteiger partial charge is 0.525 e. The zero-order valence-electron chi connectivity index (χ0n) is 19.1. The fraction of sp³-hybridized carbons (Fsp3) is 0.400. The minimum atomic E-state index is -4.10. The average molecular weight is 503 g/mol. The molecule has 2 aromatic carbocycles. The summed E-state index contributed by atoms with van der Waals surface area (Å²) in [5, 5.41) is 0. The van der Waals surface area contributed by atoms with Gasteiger partial charge in [-0.3, -0.25) is 0 Å². The maximum absolute atomic E-state index is 13.8. The Hall–Kier alpha value is -2.22. The Morgan fingerprint density at radius 2 is 1.03 bits per heavy atom. The van der Waals surface area contributed by atoms with Crippen molar-refractivity contribution in [3.8, 4) is 11.5 Å². The van der Waals surface area contributed by atoms with Gasteiger partial charge in [-0.2, -0.15) is 0 Å². The summed E-state index contributed by atoms with van der Waals surface area (Å²) in [4.78, 5) is -0.750. The first-order valence-electron chi connectivity index (χ1n) is 9.72. The van der Waals surface area contributed by atoms with E-state index in [4.69, 9.17) is 9.31 Å². The van der Waals surface area contributed by atoms with Crippen LogP contribution in [-0.4, -0.2) is 35.6 Å². The van der Waals surface area contributed by atoms with Crippen LogP contribution in [-0.2, 0) is 20.0 Å². The maximum atomic E-state index is 13.8. The number of sulfonamides is 2. The second-order valence-electron chi connectivity index (χ2n) is 9.23. The number of hydrogen-bond donors (Lipinski definition) is 2. The molecule has 0 saturated carbocycles. The molecule has 0 atom stereocenters. The first kappa shape index (κ1) is 27.0. The normalized spacial score (nSPS) is 13.0. The summed E-state index contributed by atoms with van der Waals surface area (Å²) in [5.74, 6) is -2.39. The molecule has 0 bridgehead atoms. The van der Waals surface area contributed by atoms with E-state index in [0.29, 0.717) is 7.69 Å². The average Bonchev–Trinajstić information content (AvgIpc) is 2.57. The monoisotopic (exact) mass is 503 g/mol. The molecular formula is C20H26BF2N2O6S2. The number of benzene rings is 2. The topological polar surface area (TPSA) is 111 Å². The van der Waals surface area contributed by atoms with Crippen molar-refractivity contribution in [2.24, 2.45) is 0 Å². The summed E-state index contributed by atoms with van der Waals surface area (Å²) >= 11 is 0. The van der Waals surface area contributed by atoms with Crippen LogP contribution in [0.3, 0.4) is 0 Å². The van der Waals surface area contributed by atoms with Gasteiger partial charge in [0.15, 0.2) is 0 Å². The van der Waals surface area contributed by atoms with Crippen LogP contribution in [0.15, 0.2) is 46.2 Å². The van der Waals surface area contributed by atoms with Crippen molar-refractivity contribution < 1.29 is 34.9 Å². The van der Waals surface area contributed by atoms with E-state index in [0.717, 1.165) is 36.4 Å². The molecule has 1 radical (unpaired) electrons. The molecule has 13 heteroatoms. The first-order chi connectivity index (χ1) is 14.9. The molecular weight excluding hydrogens is 477 g/mol. The van der Waals surface area contributed by atoms with Crippen LogP contribution in [0.5, 0.6) is 11.5 Å². The Kier molecular flexibility index (Phi) is 7.84. The number of hydrogen-bond acceptors (Lipinski definition) is 6. The van der Waals surface area contributed by atoms with Crippen LogP contribution in [0.2, 0.25) is 0 Å². The van der Waals surface area contributed by atoms with Gasteiger partial charge < -0.3 is 9.31 Å². The molecule has 2 N–H and O–H groups in total. The molecule has 2 rings (SSSR count). The van der Waals surface area contributed by atoms with Crippen molar-refractivity contribution >= 4 is 27.7 Å². The lowest BCUT2D eigenvalue weighted by Crippen LogP contribution is -2.40. The van der Waals surface area contributed by atoms with Crippen molar-refractivity contribution in [2.45, 2.75) is 62.4 Å². The molecule has 33 heavy (non-hydrogen) atoms. The molecule has 2 aromatic rings. The van der Waals surface area contributed by atoms with Gasteiger partial charge in [0.05, 0.1) is 0 Å². The summed E-state index contributed by atoms with van der Waals surface area (Å²) < 4.78 is 93.4. The van der Waals surface area contributed by atoms with E-state index in [1.165, 1.54) is 0 Å². The number of halogens is 2. The fourth-order valence-corrected chi connectivity index (χ4v) is 5.71. The highest BCUT2D eigenvalue weighted by Gasteiger charge is 2.28. The highest BCUT2D eigenvalue weighted by molar-refractivity contribution is 7.90. The molecule has 0 aliphatic rings. The van der Waals surface area contributed by atoms with Crippen LogP contribution < -0.4 is 18.8 Å². The SMILES string of the molecule is CC(C)(C)NS(=O)(=O)c1ccc(F)cc1O[B]Oc1cc(F)ccc1S(=O)(=O)NC(C)(C)C. The zero-order valence-corrected chi connectivity index (χ0v) is 20.7. The van der Waals surface area contributed by atoms with Crippen molar-refractivity contribution in [2.75, 3.05) is 0 Å². The molecule has 0 amide bonds. The molecule has 0 heterocycles. The van der Waals surface area contributed by atoms with Gasteiger partial charge in [-0.1, -0.05) is 0 Å². The summed E-state index contributed by atoms with van der Waals surface area (Å²) in [6, 6.07) is 5.56. The summed E-state index contributed by atoms with van der Waals surface area (Å²) in [5.41, 5.74) is -1.65. The summed E-state index contributed by atoms with van der Waals surface area (Å²) in [6.07, 6.45) is 0. The highest BCUT2D eigenvalue weighted by atomic mass is 32.2. The van der Waals surface area contributed by atoms with Crippen LogP contribution in [0, 0.1) is 11.6 Å². The van der Waals surface area contributed by atoms with E-state index in [1.807, 2.05) is 0 Å². The van der Waals surface area contributed by atoms with Gasteiger partial charge in [0.25, 0.3) is 0 Å². The minimum absolute atomic E-state index is 0.375. The third-order valence-corrected chi connectivity index (χ3v) is 7.22. The van der Waals surface area contributed by atoms with E-state index in [2.05, 4.69) is 9.44 Å². The summed E-state index contributed by atoms with van der Waals surface area (Å²) in [7, 11) is -7.61. The zero-order chi connectivity index (χ0) is 25.2. The maximum Gasteiger partial charge on any atom is 0.658 e. The number of rotatable bonds is 8. The van der Waals surface area contributed by atoms with Crippen LogP contribution >= 0.6 is 0 Å². The van der Waals surface area contributed by atoms with Crippen molar-refractivity contribution in [3.05, 3.63) is 48.0 Å². The van der Waals surface area contributed by atoms with Gasteiger partial charge in [0.1, 0.15) is 32.9 Å². The molecule has 181 valence electrons. The minimum Gasteiger partial charge on any atom is -0.525 e. The Bertz CT molecular complexity index is 1130. The third kappa shape index (κ3) is 7.95. The molecule has 0 aromatic heterocycles. The Labute approximate surface area is 194 Å². The largest absolute Gasteiger partial charge is 0.658 e. The van der Waals surface area contributed by atoms with Gasteiger partial charge >= 0.3 is 7.69 Å². The first-order valence-corrected chi connectivity index (χ1v) is 12.7. The predicted molar refractivity (Wildman–Crippen MR) is 120 cm³/mol. The Morgan fingerprint density at radius 1 is 0.697 bits per heavy atom. The lowest BCUT2D eigenvalue weighted by atomic mass is 10.1. The van der Waals surface area contributed by atoms with Gasteiger partial charge in [-0.25, -0.2) is 35.1 Å². The molecule has 0 aliphatic carbocycles. The Morgan fingerprint density at radius 3 is 1.33 bits per heavy atom. The van der Waals surface area contributed by atoms with E-state index < -0.39 is 54.3 Å². The fourth-order valence-electron chi connectivity index (χ4n) is 2.64. The molecule has 0 fully saturated rings. The highest BCUT2D eigenvalue weighted by Crippen LogP contribution is 2.28. The van der Waals surface area contributed by atoms with E-state index in [1.54, 1.807) is 41.5 Å². The van der Waals surface area contributed by atoms with E-state index >= 15 is 0 Å². The molecule has 0 spiro atoms. The van der Waals surface area contributed by atoms with Gasteiger partial charge in [0.2, 0.25) is 20.0 Å². The molecule has 0 aliphatic heterocycles. The van der Waals surface area contributed by atoms with Crippen LogP contribution in [0.25, 0.3) is 0 Å². The Balaban J connectivity index is 2.32. The molecule has 0 unspecified atom stereocenters. The second-order valence-corrected chi connectivity index (χ2v) is 12.5. The predicted octanol–water partition coefficient (Wildman–Crippen LogP) is 3.11.